The Balaban J connectivity index is 2.29. The van der Waals surface area contributed by atoms with Gasteiger partial charge in [0.15, 0.2) is 0 Å². The van der Waals surface area contributed by atoms with Crippen LogP contribution in [0.3, 0.4) is 0 Å². The van der Waals surface area contributed by atoms with Crippen LogP contribution in [0, 0.1) is 0 Å². The summed E-state index contributed by atoms with van der Waals surface area (Å²) in [5.74, 6) is -1.03. The summed E-state index contributed by atoms with van der Waals surface area (Å²) in [7, 11) is 1.27. The fourth-order valence-corrected chi connectivity index (χ4v) is 3.87. The van der Waals surface area contributed by atoms with Crippen molar-refractivity contribution in [3.63, 3.8) is 0 Å². The fourth-order valence-electron chi connectivity index (χ4n) is 3.23. The summed E-state index contributed by atoms with van der Waals surface area (Å²) in [6.45, 7) is 8.27. The Bertz CT molecular complexity index is 549. The molecule has 128 valence electrons. The van der Waals surface area contributed by atoms with Crippen LogP contribution in [0.4, 0.5) is 0 Å². The molecule has 1 fully saturated rings. The van der Waals surface area contributed by atoms with Gasteiger partial charge in [-0.2, -0.15) is 16.4 Å². The Morgan fingerprint density at radius 2 is 1.83 bits per heavy atom. The fraction of sp³-hybridized carbons (Fsp3) is 0.647. The molecule has 23 heavy (non-hydrogen) atoms. The predicted molar refractivity (Wildman–Crippen MR) is 89.4 cm³/mol. The Morgan fingerprint density at radius 1 is 1.22 bits per heavy atom. The van der Waals surface area contributed by atoms with Crippen LogP contribution in [0.25, 0.3) is 0 Å². The molecule has 5 nitrogen and oxygen atoms in total. The van der Waals surface area contributed by atoms with E-state index in [1.165, 1.54) is 18.4 Å². The van der Waals surface area contributed by atoms with Crippen LogP contribution < -0.4 is 0 Å². The third-order valence-corrected chi connectivity index (χ3v) is 5.03. The van der Waals surface area contributed by atoms with E-state index in [4.69, 9.17) is 9.57 Å². The molecule has 2 rings (SSSR count). The molecular formula is C17H25NO4S. The van der Waals surface area contributed by atoms with Crippen LogP contribution in [0.2, 0.25) is 0 Å². The number of hydrogen-bond donors (Lipinski definition) is 0. The minimum Gasteiger partial charge on any atom is -0.467 e. The molecule has 0 spiro atoms. The predicted octanol–water partition coefficient (Wildman–Crippen LogP) is 3.45. The monoisotopic (exact) mass is 339 g/mol. The van der Waals surface area contributed by atoms with Gasteiger partial charge >= 0.3 is 5.97 Å². The van der Waals surface area contributed by atoms with E-state index in [1.807, 2.05) is 5.06 Å². The molecule has 1 aliphatic rings. The van der Waals surface area contributed by atoms with E-state index in [0.717, 1.165) is 19.3 Å². The van der Waals surface area contributed by atoms with E-state index in [-0.39, 0.29) is 16.9 Å². The number of ether oxygens (including phenoxy) is 1. The first-order valence-electron chi connectivity index (χ1n) is 7.80. The normalized spacial score (nSPS) is 21.6. The molecule has 0 aliphatic carbocycles. The third-order valence-electron chi connectivity index (χ3n) is 4.35. The lowest BCUT2D eigenvalue weighted by atomic mass is 9.82. The second kappa shape index (κ2) is 6.71. The summed E-state index contributed by atoms with van der Waals surface area (Å²) < 4.78 is 4.80. The van der Waals surface area contributed by atoms with Gasteiger partial charge in [0.1, 0.15) is 0 Å². The van der Waals surface area contributed by atoms with E-state index >= 15 is 0 Å². The third kappa shape index (κ3) is 3.82. The second-order valence-electron chi connectivity index (χ2n) is 7.16. The standard InChI is InChI=1S/C17H25NO4S/c1-16(2)8-6-9-17(3,4)18(16)22-14(15(20)21-5)13(19)12-7-10-23-11-12/h7,10-11,14H,6,8-9H2,1-5H3. The van der Waals surface area contributed by atoms with Gasteiger partial charge in [-0.1, -0.05) is 0 Å². The van der Waals surface area contributed by atoms with Crippen LogP contribution in [-0.4, -0.2) is 41.1 Å². The molecule has 1 unspecified atom stereocenters. The lowest BCUT2D eigenvalue weighted by Crippen LogP contribution is -2.60. The number of thiophene rings is 1. The van der Waals surface area contributed by atoms with Gasteiger partial charge in [-0.05, 0) is 58.4 Å². The molecule has 0 aromatic carbocycles. The van der Waals surface area contributed by atoms with Crippen molar-refractivity contribution in [3.05, 3.63) is 22.4 Å². The van der Waals surface area contributed by atoms with Crippen molar-refractivity contribution in [1.29, 1.82) is 0 Å². The first-order chi connectivity index (χ1) is 10.7. The molecule has 0 N–H and O–H groups in total. The van der Waals surface area contributed by atoms with Crippen molar-refractivity contribution in [2.75, 3.05) is 7.11 Å². The highest BCUT2D eigenvalue weighted by molar-refractivity contribution is 7.08. The smallest absolute Gasteiger partial charge is 0.345 e. The van der Waals surface area contributed by atoms with Gasteiger partial charge in [0, 0.05) is 22.0 Å². The maximum Gasteiger partial charge on any atom is 0.345 e. The zero-order valence-electron chi connectivity index (χ0n) is 14.4. The van der Waals surface area contributed by atoms with E-state index in [1.54, 1.807) is 16.8 Å². The van der Waals surface area contributed by atoms with Gasteiger partial charge in [0.05, 0.1) is 7.11 Å². The molecule has 1 atom stereocenters. The summed E-state index contributed by atoms with van der Waals surface area (Å²) >= 11 is 1.41. The summed E-state index contributed by atoms with van der Waals surface area (Å²) in [5, 5.41) is 5.33. The summed E-state index contributed by atoms with van der Waals surface area (Å²) in [4.78, 5) is 30.8. The number of ketones is 1. The topological polar surface area (TPSA) is 55.8 Å². The van der Waals surface area contributed by atoms with Crippen molar-refractivity contribution in [2.45, 2.75) is 64.1 Å². The number of rotatable bonds is 5. The lowest BCUT2D eigenvalue weighted by molar-refractivity contribution is -0.292. The number of Topliss-reactive ketones (excluding diaryl/α,β-unsaturated/α-hetero) is 1. The van der Waals surface area contributed by atoms with Crippen molar-refractivity contribution in [2.24, 2.45) is 0 Å². The molecule has 1 aromatic heterocycles. The first-order valence-corrected chi connectivity index (χ1v) is 8.75. The van der Waals surface area contributed by atoms with Crippen LogP contribution in [0.5, 0.6) is 0 Å². The van der Waals surface area contributed by atoms with Crippen molar-refractivity contribution < 1.29 is 19.2 Å². The summed E-state index contributed by atoms with van der Waals surface area (Å²) in [5.41, 5.74) is -0.0515. The SMILES string of the molecule is COC(=O)C(ON1C(C)(C)CCCC1(C)C)C(=O)c1ccsc1. The number of esters is 1. The number of hydrogen-bond acceptors (Lipinski definition) is 6. The van der Waals surface area contributed by atoms with E-state index in [2.05, 4.69) is 27.7 Å². The van der Waals surface area contributed by atoms with Crippen molar-refractivity contribution in [3.8, 4) is 0 Å². The Morgan fingerprint density at radius 3 is 2.30 bits per heavy atom. The van der Waals surface area contributed by atoms with E-state index in [0.29, 0.717) is 5.56 Å². The number of hydroxylamine groups is 2. The maximum absolute atomic E-state index is 12.7. The lowest BCUT2D eigenvalue weighted by Gasteiger charge is -2.51. The van der Waals surface area contributed by atoms with Crippen LogP contribution in [0.1, 0.15) is 57.3 Å². The number of nitrogens with zero attached hydrogens (tertiary/aromatic N) is 1. The van der Waals surface area contributed by atoms with E-state index < -0.39 is 12.1 Å². The van der Waals surface area contributed by atoms with Gasteiger partial charge in [-0.15, -0.1) is 0 Å². The minimum absolute atomic E-state index is 0.261. The van der Waals surface area contributed by atoms with Gasteiger partial charge < -0.3 is 4.74 Å². The molecule has 0 amide bonds. The molecule has 6 heteroatoms. The number of carbonyl (C=O) groups is 2. The van der Waals surface area contributed by atoms with Crippen LogP contribution in [0.15, 0.2) is 16.8 Å². The molecule has 2 heterocycles. The molecule has 0 saturated carbocycles. The minimum atomic E-state index is -1.27. The zero-order valence-corrected chi connectivity index (χ0v) is 15.2. The van der Waals surface area contributed by atoms with E-state index in [9.17, 15) is 9.59 Å². The summed E-state index contributed by atoms with van der Waals surface area (Å²) in [6.07, 6.45) is 1.70. The van der Waals surface area contributed by atoms with Crippen LogP contribution in [-0.2, 0) is 14.4 Å². The highest BCUT2D eigenvalue weighted by Gasteiger charge is 2.46. The molecular weight excluding hydrogens is 314 g/mol. The maximum atomic E-state index is 12.7. The van der Waals surface area contributed by atoms with Gasteiger partial charge in [-0.3, -0.25) is 9.63 Å². The number of carbonyl (C=O) groups excluding carboxylic acids is 2. The number of methoxy groups -OCH3 is 1. The quantitative estimate of drug-likeness (QED) is 0.467. The Labute approximate surface area is 141 Å². The average Bonchev–Trinajstić information content (AvgIpc) is 2.98. The molecule has 0 radical (unpaired) electrons. The summed E-state index contributed by atoms with van der Waals surface area (Å²) in [6, 6.07) is 1.69. The Kier molecular flexibility index (Phi) is 5.28. The highest BCUT2D eigenvalue weighted by Crippen LogP contribution is 2.39. The average molecular weight is 339 g/mol. The number of piperidine rings is 1. The zero-order chi connectivity index (χ0) is 17.3. The molecule has 1 aromatic rings. The van der Waals surface area contributed by atoms with Gasteiger partial charge in [0.25, 0.3) is 0 Å². The van der Waals surface area contributed by atoms with Crippen molar-refractivity contribution in [1.82, 2.24) is 5.06 Å². The Hall–Kier alpha value is -1.24. The molecule has 1 aliphatic heterocycles. The molecule has 1 saturated heterocycles. The molecule has 0 bridgehead atoms. The highest BCUT2D eigenvalue weighted by atomic mass is 32.1. The first kappa shape index (κ1) is 18.1. The van der Waals surface area contributed by atoms with Crippen molar-refractivity contribution >= 4 is 23.1 Å². The largest absolute Gasteiger partial charge is 0.467 e. The van der Waals surface area contributed by atoms with Gasteiger partial charge in [0.2, 0.25) is 11.9 Å². The van der Waals surface area contributed by atoms with Crippen LogP contribution >= 0.6 is 11.3 Å². The second-order valence-corrected chi connectivity index (χ2v) is 7.94. The van der Waals surface area contributed by atoms with Gasteiger partial charge in [-0.25, -0.2) is 4.79 Å².